The monoisotopic (exact) mass is 915 g/mol. The first-order valence-electron chi connectivity index (χ1n) is 16.4. The molecule has 0 fully saturated rings. The van der Waals surface area contributed by atoms with E-state index < -0.39 is 144 Å². The van der Waals surface area contributed by atoms with Crippen molar-refractivity contribution in [2.45, 2.75) is 24.2 Å². The van der Waals surface area contributed by atoms with Crippen LogP contribution in [0, 0.1) is 128 Å². The lowest BCUT2D eigenvalue weighted by Gasteiger charge is -2.44. The number of ether oxygens (including phenoxy) is 1. The van der Waals surface area contributed by atoms with E-state index in [0.717, 1.165) is 18.6 Å². The Morgan fingerprint density at radius 3 is 0.951 bits per heavy atom. The third kappa shape index (κ3) is 8.03. The van der Waals surface area contributed by atoms with Crippen LogP contribution in [0.3, 0.4) is 0 Å². The second-order valence-corrected chi connectivity index (χ2v) is 14.6. The predicted molar refractivity (Wildman–Crippen MR) is 178 cm³/mol. The number of halogens is 20. The van der Waals surface area contributed by atoms with Gasteiger partial charge in [0.2, 0.25) is 0 Å². The van der Waals surface area contributed by atoms with Crippen molar-refractivity contribution in [3.63, 3.8) is 0 Å². The molecule has 0 N–H and O–H groups in total. The molecule has 2 nitrogen and oxygen atoms in total. The summed E-state index contributed by atoms with van der Waals surface area (Å²) in [6, 6.07) is 10.3. The van der Waals surface area contributed by atoms with Crippen LogP contribution in [0.5, 0.6) is 5.75 Å². The maximum Gasteiger partial charge on any atom is 0.200 e. The van der Waals surface area contributed by atoms with E-state index in [-0.39, 0.29) is 10.9 Å². The molecular weight excluding hydrogens is 897 g/mol. The summed E-state index contributed by atoms with van der Waals surface area (Å²) in [6.07, 6.45) is -0.344. The Kier molecular flexibility index (Phi) is 14.6. The molecule has 0 atom stereocenters. The van der Waals surface area contributed by atoms with Crippen LogP contribution in [0.15, 0.2) is 29.2 Å². The minimum absolute atomic E-state index is 0.223. The van der Waals surface area contributed by atoms with Gasteiger partial charge in [0.25, 0.3) is 0 Å². The lowest BCUT2D eigenvalue weighted by Crippen LogP contribution is -2.81. The first-order chi connectivity index (χ1) is 28.5. The number of unbranched alkanes of at least 4 members (excludes halogenated alkanes) is 2. The van der Waals surface area contributed by atoms with Crippen LogP contribution in [0.2, 0.25) is 0 Å². The van der Waals surface area contributed by atoms with Crippen molar-refractivity contribution in [2.75, 3.05) is 19.1 Å². The number of hydrogen-bond donors (Lipinski definition) is 0. The summed E-state index contributed by atoms with van der Waals surface area (Å²) in [6.45, 7) is 0.704. The standard InChI is InChI=1S/C24BF20.C13H18NOS/c26-5-1(6(27)14(35)21(42)13(5)34)25(2-7(28)15(36)22(43)16(37)8(2)29,3-9(30)17(38)23(44)18(39)10(3)31)4-11(32)19(40)24(45)20(41)12(4)33;1-16(2)13-9-5-4-8-12(13)15-11-7-3-6-10-14/h;4-5,8-9H,3,6-7,11H2,1-2H3/q-1;+1. The van der Waals surface area contributed by atoms with Crippen LogP contribution < -0.4 is 26.6 Å². The molecule has 5 aromatic rings. The van der Waals surface area contributed by atoms with Gasteiger partial charge in [-0.05, 0) is 25.0 Å². The first-order valence-corrected chi connectivity index (χ1v) is 18.4. The number of para-hydroxylation sites is 1. The Morgan fingerprint density at radius 1 is 0.426 bits per heavy atom. The highest BCUT2D eigenvalue weighted by Gasteiger charge is 2.52. The molecule has 0 aromatic heterocycles. The Bertz CT molecular complexity index is 2200. The topological polar surface area (TPSA) is 33.0 Å². The van der Waals surface area contributed by atoms with Gasteiger partial charge in [0.15, 0.2) is 80.5 Å². The smallest absolute Gasteiger partial charge is 0.200 e. The Balaban J connectivity index is 0.000000430. The second kappa shape index (κ2) is 18.6. The van der Waals surface area contributed by atoms with Crippen molar-refractivity contribution in [1.29, 1.82) is 5.26 Å². The molecule has 0 radical (unpaired) electrons. The van der Waals surface area contributed by atoms with Crippen molar-refractivity contribution in [3.05, 3.63) is 141 Å². The maximum atomic E-state index is 15.4. The summed E-state index contributed by atoms with van der Waals surface area (Å²) in [4.78, 5) is 1.28. The van der Waals surface area contributed by atoms with Crippen molar-refractivity contribution >= 4 is 38.9 Å². The summed E-state index contributed by atoms with van der Waals surface area (Å²) in [7, 11) is 0.223. The third-order valence-electron chi connectivity index (χ3n) is 8.94. The molecule has 0 aliphatic rings. The van der Waals surface area contributed by atoms with E-state index in [1.807, 2.05) is 18.2 Å². The molecule has 5 aromatic carbocycles. The molecule has 0 bridgehead atoms. The van der Waals surface area contributed by atoms with Crippen molar-refractivity contribution in [3.8, 4) is 11.8 Å². The van der Waals surface area contributed by atoms with E-state index in [4.69, 9.17) is 10.00 Å². The first kappa shape index (κ1) is 48.1. The minimum Gasteiger partial charge on any atom is -0.488 e. The lowest BCUT2D eigenvalue weighted by atomic mass is 9.12. The van der Waals surface area contributed by atoms with E-state index in [1.54, 1.807) is 0 Å². The quantitative estimate of drug-likeness (QED) is 0.0351. The number of rotatable bonds is 10. The highest BCUT2D eigenvalue weighted by Crippen LogP contribution is 2.31. The molecule has 0 heterocycles. The number of hydrogen-bond acceptors (Lipinski definition) is 2. The Hall–Kier alpha value is -5.60. The average molecular weight is 915 g/mol. The molecule has 0 unspecified atom stereocenters. The zero-order valence-corrected chi connectivity index (χ0v) is 30.9. The van der Waals surface area contributed by atoms with E-state index in [1.165, 1.54) is 4.90 Å². The molecule has 24 heteroatoms. The van der Waals surface area contributed by atoms with Gasteiger partial charge in [-0.25, -0.2) is 87.8 Å². The molecule has 0 spiro atoms. The highest BCUT2D eigenvalue weighted by atomic mass is 32.2. The van der Waals surface area contributed by atoms with Crippen LogP contribution >= 0.6 is 0 Å². The summed E-state index contributed by atoms with van der Waals surface area (Å²) in [5.74, 6) is -70.4. The van der Waals surface area contributed by atoms with Crippen molar-refractivity contribution in [1.82, 2.24) is 0 Å². The van der Waals surface area contributed by atoms with Gasteiger partial charge in [-0.2, -0.15) is 5.26 Å². The van der Waals surface area contributed by atoms with Gasteiger partial charge in [0.1, 0.15) is 65.2 Å². The lowest BCUT2D eigenvalue weighted by molar-refractivity contribution is 0.300. The van der Waals surface area contributed by atoms with E-state index in [2.05, 4.69) is 24.6 Å². The van der Waals surface area contributed by atoms with Gasteiger partial charge in [-0.15, -0.1) is 21.9 Å². The third-order valence-corrected chi connectivity index (χ3v) is 10.2. The van der Waals surface area contributed by atoms with Crippen LogP contribution in [0.4, 0.5) is 87.8 Å². The molecule has 326 valence electrons. The SMILES string of the molecule is C[S+](C)c1ccccc1OCCCCC#N.Fc1c(F)c(F)c([B-](c2c(F)c(F)c(F)c(F)c2F)(c2c(F)c(F)c(F)c(F)c2F)c2c(F)c(F)c(F)c(F)c2F)c(F)c1F. The number of benzene rings is 5. The van der Waals surface area contributed by atoms with Crippen molar-refractivity contribution in [2.24, 2.45) is 0 Å². The molecule has 0 aliphatic heterocycles. The van der Waals surface area contributed by atoms with Gasteiger partial charge >= 0.3 is 0 Å². The Morgan fingerprint density at radius 2 is 0.689 bits per heavy atom. The fourth-order valence-electron chi connectivity index (χ4n) is 6.27. The minimum atomic E-state index is -7.22. The number of nitrogens with zero attached hydrogens (tertiary/aromatic N) is 1. The molecule has 0 amide bonds. The second-order valence-electron chi connectivity index (χ2n) is 12.5. The average Bonchev–Trinajstić information content (AvgIpc) is 3.23. The van der Waals surface area contributed by atoms with E-state index in [0.29, 0.717) is 13.0 Å². The van der Waals surface area contributed by atoms with Crippen molar-refractivity contribution < 1.29 is 92.5 Å². The van der Waals surface area contributed by atoms with Gasteiger partial charge in [0, 0.05) is 17.3 Å². The fourth-order valence-corrected chi connectivity index (χ4v) is 7.15. The van der Waals surface area contributed by atoms with Gasteiger partial charge in [0.05, 0.1) is 12.7 Å². The number of nitriles is 1. The molecule has 5 rings (SSSR count). The van der Waals surface area contributed by atoms with Gasteiger partial charge in [-0.1, -0.05) is 12.1 Å². The van der Waals surface area contributed by atoms with Crippen LogP contribution in [0.1, 0.15) is 19.3 Å². The summed E-state index contributed by atoms with van der Waals surface area (Å²) < 4.78 is 300. The predicted octanol–water partition coefficient (Wildman–Crippen LogP) is 8.84. The van der Waals surface area contributed by atoms with Crippen LogP contribution in [-0.2, 0) is 10.9 Å². The largest absolute Gasteiger partial charge is 0.488 e. The molecule has 0 aliphatic carbocycles. The normalized spacial score (nSPS) is 11.5. The zero-order valence-electron chi connectivity index (χ0n) is 30.0. The molecule has 0 saturated heterocycles. The molecule has 61 heavy (non-hydrogen) atoms. The van der Waals surface area contributed by atoms with E-state index >= 15 is 35.1 Å². The zero-order chi connectivity index (χ0) is 46.2. The fraction of sp³-hybridized carbons (Fsp3) is 0.162. The molecular formula is C37H18BF20NOS. The van der Waals surface area contributed by atoms with E-state index in [9.17, 15) is 52.7 Å². The van der Waals surface area contributed by atoms with Gasteiger partial charge in [-0.3, -0.25) is 0 Å². The maximum absolute atomic E-state index is 15.4. The van der Waals surface area contributed by atoms with Crippen LogP contribution in [0.25, 0.3) is 0 Å². The summed E-state index contributed by atoms with van der Waals surface area (Å²) >= 11 is 0. The van der Waals surface area contributed by atoms with Crippen LogP contribution in [-0.4, -0.2) is 25.3 Å². The Labute approximate surface area is 332 Å². The summed E-state index contributed by atoms with van der Waals surface area (Å²) in [5.41, 5.74) is -14.3. The summed E-state index contributed by atoms with van der Waals surface area (Å²) in [5, 5.41) is 8.41. The molecule has 0 saturated carbocycles. The van der Waals surface area contributed by atoms with Gasteiger partial charge < -0.3 is 4.74 Å². The highest BCUT2D eigenvalue weighted by molar-refractivity contribution is 7.95.